The van der Waals surface area contributed by atoms with Crippen molar-refractivity contribution in [3.05, 3.63) is 77.9 Å². The van der Waals surface area contributed by atoms with Crippen molar-refractivity contribution in [3.63, 3.8) is 0 Å². The molecule has 158 valence electrons. The molecule has 1 atom stereocenters. The van der Waals surface area contributed by atoms with Crippen LogP contribution in [0.5, 0.6) is 5.75 Å². The van der Waals surface area contributed by atoms with Crippen LogP contribution in [0.1, 0.15) is 16.7 Å². The number of aryl methyl sites for hydroxylation is 1. The Morgan fingerprint density at radius 1 is 1.06 bits per heavy atom. The predicted octanol–water partition coefficient (Wildman–Crippen LogP) is 3.08. The van der Waals surface area contributed by atoms with Crippen molar-refractivity contribution in [2.24, 2.45) is 10.7 Å². The third-order valence-electron chi connectivity index (χ3n) is 5.22. The lowest BCUT2D eigenvalue weighted by Gasteiger charge is -2.27. The SMILES string of the molecule is Cc1cc(C2(c3cccc(-c4cncnc4)c3)N=C(N)N(C)C2=O)ccc1OC(F)F. The maximum absolute atomic E-state index is 13.4. The summed E-state index contributed by atoms with van der Waals surface area (Å²) >= 11 is 0. The van der Waals surface area contributed by atoms with Crippen molar-refractivity contribution in [2.45, 2.75) is 19.1 Å². The van der Waals surface area contributed by atoms with Gasteiger partial charge in [-0.2, -0.15) is 8.78 Å². The molecule has 2 heterocycles. The number of aromatic nitrogens is 2. The summed E-state index contributed by atoms with van der Waals surface area (Å²) in [6.45, 7) is -1.32. The van der Waals surface area contributed by atoms with Crippen LogP contribution in [0.3, 0.4) is 0 Å². The first-order valence-electron chi connectivity index (χ1n) is 9.38. The van der Waals surface area contributed by atoms with E-state index < -0.39 is 12.2 Å². The van der Waals surface area contributed by atoms with Crippen molar-refractivity contribution in [1.82, 2.24) is 14.9 Å². The van der Waals surface area contributed by atoms with Crippen LogP contribution in [0.4, 0.5) is 8.78 Å². The lowest BCUT2D eigenvalue weighted by molar-refractivity contribution is -0.129. The highest BCUT2D eigenvalue weighted by Crippen LogP contribution is 2.41. The Kier molecular flexibility index (Phi) is 5.10. The molecular formula is C22H19F2N5O2. The molecule has 0 saturated carbocycles. The number of nitrogens with zero attached hydrogens (tertiary/aromatic N) is 4. The number of rotatable bonds is 5. The first-order chi connectivity index (χ1) is 14.8. The Balaban J connectivity index is 1.90. The van der Waals surface area contributed by atoms with Crippen LogP contribution in [-0.4, -0.2) is 40.4 Å². The second-order valence-corrected chi connectivity index (χ2v) is 7.11. The average molecular weight is 423 g/mol. The number of carbonyl (C=O) groups excluding carboxylic acids is 1. The second kappa shape index (κ2) is 7.75. The number of halogens is 2. The number of carbonyl (C=O) groups is 1. The van der Waals surface area contributed by atoms with E-state index in [1.54, 1.807) is 50.6 Å². The number of amides is 1. The number of likely N-dealkylation sites (N-methyl/N-ethyl adjacent to an activating group) is 1. The van der Waals surface area contributed by atoms with Gasteiger partial charge in [0.15, 0.2) is 11.5 Å². The summed E-state index contributed by atoms with van der Waals surface area (Å²) in [5.74, 6) is -0.266. The summed E-state index contributed by atoms with van der Waals surface area (Å²) in [4.78, 5) is 27.3. The highest BCUT2D eigenvalue weighted by Gasteiger charge is 2.49. The largest absolute Gasteiger partial charge is 0.435 e. The van der Waals surface area contributed by atoms with Crippen molar-refractivity contribution >= 4 is 11.9 Å². The summed E-state index contributed by atoms with van der Waals surface area (Å²) in [6.07, 6.45) is 4.76. The number of hydrogen-bond donors (Lipinski definition) is 1. The van der Waals surface area contributed by atoms with Gasteiger partial charge in [-0.15, -0.1) is 0 Å². The zero-order valence-electron chi connectivity index (χ0n) is 16.8. The molecule has 0 bridgehead atoms. The Morgan fingerprint density at radius 2 is 1.77 bits per heavy atom. The van der Waals surface area contributed by atoms with Crippen molar-refractivity contribution in [1.29, 1.82) is 0 Å². The molecule has 0 spiro atoms. The Hall–Kier alpha value is -3.88. The van der Waals surface area contributed by atoms with Crippen LogP contribution in [0.25, 0.3) is 11.1 Å². The monoisotopic (exact) mass is 423 g/mol. The number of guanidine groups is 1. The van der Waals surface area contributed by atoms with Gasteiger partial charge in [0.2, 0.25) is 0 Å². The van der Waals surface area contributed by atoms with Crippen LogP contribution in [-0.2, 0) is 10.3 Å². The second-order valence-electron chi connectivity index (χ2n) is 7.11. The van der Waals surface area contributed by atoms with Gasteiger partial charge in [0.1, 0.15) is 12.1 Å². The van der Waals surface area contributed by atoms with Gasteiger partial charge in [-0.25, -0.2) is 15.0 Å². The highest BCUT2D eigenvalue weighted by atomic mass is 19.3. The zero-order chi connectivity index (χ0) is 22.2. The summed E-state index contributed by atoms with van der Waals surface area (Å²) in [5, 5.41) is 0. The molecule has 0 saturated heterocycles. The van der Waals surface area contributed by atoms with Crippen LogP contribution in [0.2, 0.25) is 0 Å². The van der Waals surface area contributed by atoms with Gasteiger partial charge in [-0.05, 0) is 47.4 Å². The van der Waals surface area contributed by atoms with Crippen LogP contribution >= 0.6 is 0 Å². The van der Waals surface area contributed by atoms with E-state index in [1.807, 2.05) is 12.1 Å². The summed E-state index contributed by atoms with van der Waals surface area (Å²) in [6, 6.07) is 11.9. The first kappa shape index (κ1) is 20.4. The minimum Gasteiger partial charge on any atom is -0.435 e. The van der Waals surface area contributed by atoms with Gasteiger partial charge in [-0.1, -0.05) is 24.3 Å². The highest BCUT2D eigenvalue weighted by molar-refractivity contribution is 6.09. The fourth-order valence-corrected chi connectivity index (χ4v) is 3.66. The van der Waals surface area contributed by atoms with Gasteiger partial charge in [0.05, 0.1) is 0 Å². The molecule has 0 fully saturated rings. The van der Waals surface area contributed by atoms with Crippen molar-refractivity contribution in [3.8, 4) is 16.9 Å². The van der Waals surface area contributed by atoms with Crippen molar-refractivity contribution in [2.75, 3.05) is 7.05 Å². The van der Waals surface area contributed by atoms with Crippen LogP contribution < -0.4 is 10.5 Å². The molecule has 0 aliphatic carbocycles. The van der Waals surface area contributed by atoms with E-state index in [0.717, 1.165) is 11.1 Å². The molecule has 1 amide bonds. The summed E-state index contributed by atoms with van der Waals surface area (Å²) in [7, 11) is 1.54. The van der Waals surface area contributed by atoms with Gasteiger partial charge in [-0.3, -0.25) is 9.69 Å². The molecule has 1 aliphatic rings. The third kappa shape index (κ3) is 3.48. The number of alkyl halides is 2. The predicted molar refractivity (Wildman–Crippen MR) is 110 cm³/mol. The number of nitrogens with two attached hydrogens (primary N) is 1. The fraction of sp³-hybridized carbons (Fsp3) is 0.182. The van der Waals surface area contributed by atoms with E-state index in [2.05, 4.69) is 19.7 Å². The van der Waals surface area contributed by atoms with E-state index in [0.29, 0.717) is 16.7 Å². The fourth-order valence-electron chi connectivity index (χ4n) is 3.66. The van der Waals surface area contributed by atoms with Gasteiger partial charge in [0.25, 0.3) is 5.91 Å². The number of hydrogen-bond acceptors (Lipinski definition) is 6. The van der Waals surface area contributed by atoms with Gasteiger partial charge in [0, 0.05) is 25.0 Å². The molecule has 2 aromatic carbocycles. The molecule has 1 aromatic heterocycles. The van der Waals surface area contributed by atoms with E-state index in [9.17, 15) is 13.6 Å². The standard InChI is InChI=1S/C22H19F2N5O2/c1-13-8-17(6-7-18(13)31-20(23)24)22(19(30)29(2)21(25)28-22)16-5-3-4-14(9-16)15-10-26-12-27-11-15/h3-12,20H,1-2H3,(H2,25,28). The molecule has 1 unspecified atom stereocenters. The van der Waals surface area contributed by atoms with Crippen LogP contribution in [0, 0.1) is 6.92 Å². The molecule has 31 heavy (non-hydrogen) atoms. The molecule has 3 aromatic rings. The number of ether oxygens (including phenoxy) is 1. The Bertz CT molecular complexity index is 1170. The number of benzene rings is 2. The van der Waals surface area contributed by atoms with E-state index in [4.69, 9.17) is 5.73 Å². The maximum atomic E-state index is 13.4. The summed E-state index contributed by atoms with van der Waals surface area (Å²) < 4.78 is 29.9. The van der Waals surface area contributed by atoms with E-state index in [1.165, 1.54) is 17.3 Å². The molecule has 2 N–H and O–H groups in total. The molecule has 4 rings (SSSR count). The molecular weight excluding hydrogens is 404 g/mol. The van der Waals surface area contributed by atoms with E-state index in [-0.39, 0.29) is 17.6 Å². The van der Waals surface area contributed by atoms with Gasteiger partial charge >= 0.3 is 6.61 Å². The third-order valence-corrected chi connectivity index (χ3v) is 5.22. The quantitative estimate of drug-likeness (QED) is 0.681. The normalized spacial score (nSPS) is 18.4. The zero-order valence-corrected chi connectivity index (χ0v) is 16.8. The molecule has 1 aliphatic heterocycles. The average Bonchev–Trinajstić information content (AvgIpc) is 3.00. The lowest BCUT2D eigenvalue weighted by Crippen LogP contribution is -2.41. The van der Waals surface area contributed by atoms with E-state index >= 15 is 0 Å². The lowest BCUT2D eigenvalue weighted by atomic mass is 9.81. The minimum absolute atomic E-state index is 0.0276. The number of aliphatic imine (C=N–C) groups is 1. The first-order valence-corrected chi connectivity index (χ1v) is 9.38. The maximum Gasteiger partial charge on any atom is 0.387 e. The van der Waals surface area contributed by atoms with Crippen LogP contribution in [0.15, 0.2) is 66.2 Å². The Labute approximate surface area is 177 Å². The Morgan fingerprint density at radius 3 is 2.39 bits per heavy atom. The molecule has 9 heteroatoms. The molecule has 7 nitrogen and oxygen atoms in total. The summed E-state index contributed by atoms with van der Waals surface area (Å²) in [5.41, 5.74) is 7.63. The minimum atomic E-state index is -2.95. The topological polar surface area (TPSA) is 93.7 Å². The van der Waals surface area contributed by atoms with Crippen molar-refractivity contribution < 1.29 is 18.3 Å². The van der Waals surface area contributed by atoms with Gasteiger partial charge < -0.3 is 10.5 Å². The molecule has 0 radical (unpaired) electrons. The smallest absolute Gasteiger partial charge is 0.387 e.